The van der Waals surface area contributed by atoms with Gasteiger partial charge in [0, 0.05) is 37.0 Å². The molecule has 0 radical (unpaired) electrons. The molecule has 0 unspecified atom stereocenters. The number of halogens is 3. The number of hydrogen-bond donors (Lipinski definition) is 2. The zero-order valence-corrected chi connectivity index (χ0v) is 19.5. The van der Waals surface area contributed by atoms with Gasteiger partial charge in [-0.3, -0.25) is 14.5 Å². The number of carbonyl (C=O) groups is 2. The maximum atomic E-state index is 12.8. The van der Waals surface area contributed by atoms with E-state index in [2.05, 4.69) is 26.6 Å². The molecule has 2 fully saturated rings. The second kappa shape index (κ2) is 10.6. The standard InChI is InChI=1S/C25H29F3N4O3/c1-35-23-12-17(9-10-29-23)16-5-7-21(8-6-16)32-14-20(15-32)31-22(33)13-30-24(34)18-3-2-4-19(11-18)25(26,27)28/h2-4,9-12,16,20-21H,5-8,13-15H2,1H3,(H,30,34)(H,31,33)/t16-,21+. The van der Waals surface area contributed by atoms with Crippen molar-refractivity contribution in [1.29, 1.82) is 0 Å². The minimum Gasteiger partial charge on any atom is -0.481 e. The monoisotopic (exact) mass is 490 g/mol. The number of ether oxygens (including phenoxy) is 1. The van der Waals surface area contributed by atoms with Crippen LogP contribution in [0, 0.1) is 0 Å². The summed E-state index contributed by atoms with van der Waals surface area (Å²) < 4.78 is 43.7. The molecule has 0 atom stereocenters. The number of aromatic nitrogens is 1. The van der Waals surface area contributed by atoms with Crippen molar-refractivity contribution >= 4 is 11.8 Å². The number of pyridine rings is 1. The van der Waals surface area contributed by atoms with Gasteiger partial charge in [-0.25, -0.2) is 4.98 Å². The molecule has 1 saturated heterocycles. The van der Waals surface area contributed by atoms with E-state index in [4.69, 9.17) is 4.74 Å². The molecule has 2 amide bonds. The van der Waals surface area contributed by atoms with Crippen LogP contribution < -0.4 is 15.4 Å². The summed E-state index contributed by atoms with van der Waals surface area (Å²) in [7, 11) is 1.62. The fourth-order valence-electron chi connectivity index (χ4n) is 4.84. The third kappa shape index (κ3) is 6.30. The van der Waals surface area contributed by atoms with Gasteiger partial charge in [0.15, 0.2) is 0 Å². The Morgan fingerprint density at radius 2 is 1.86 bits per heavy atom. The zero-order valence-electron chi connectivity index (χ0n) is 19.5. The Balaban J connectivity index is 1.16. The third-order valence-corrected chi connectivity index (χ3v) is 6.79. The van der Waals surface area contributed by atoms with E-state index in [-0.39, 0.29) is 24.1 Å². The van der Waals surface area contributed by atoms with Crippen molar-refractivity contribution in [3.8, 4) is 5.88 Å². The Labute approximate surface area is 202 Å². The Morgan fingerprint density at radius 1 is 1.11 bits per heavy atom. The van der Waals surface area contributed by atoms with E-state index in [1.165, 1.54) is 17.7 Å². The molecule has 4 rings (SSSR count). The van der Waals surface area contributed by atoms with Crippen molar-refractivity contribution in [2.75, 3.05) is 26.7 Å². The number of nitrogens with zero attached hydrogens (tertiary/aromatic N) is 2. The summed E-state index contributed by atoms with van der Waals surface area (Å²) in [4.78, 5) is 30.9. The minimum atomic E-state index is -4.53. The first-order valence-corrected chi connectivity index (χ1v) is 11.7. The van der Waals surface area contributed by atoms with Gasteiger partial charge in [0.05, 0.1) is 25.3 Å². The molecule has 188 valence electrons. The van der Waals surface area contributed by atoms with Gasteiger partial charge in [0.2, 0.25) is 11.8 Å². The quantitative estimate of drug-likeness (QED) is 0.622. The normalized spacial score (nSPS) is 21.1. The predicted octanol–water partition coefficient (Wildman–Crippen LogP) is 3.37. The molecule has 0 spiro atoms. The minimum absolute atomic E-state index is 0.00939. The third-order valence-electron chi connectivity index (χ3n) is 6.79. The molecule has 1 aromatic carbocycles. The highest BCUT2D eigenvalue weighted by molar-refractivity contribution is 5.96. The largest absolute Gasteiger partial charge is 0.481 e. The van der Waals surface area contributed by atoms with E-state index < -0.39 is 17.6 Å². The topological polar surface area (TPSA) is 83.6 Å². The van der Waals surface area contributed by atoms with Crippen molar-refractivity contribution in [3.63, 3.8) is 0 Å². The first-order chi connectivity index (χ1) is 16.7. The highest BCUT2D eigenvalue weighted by Gasteiger charge is 2.35. The van der Waals surface area contributed by atoms with Crippen LogP contribution >= 0.6 is 0 Å². The van der Waals surface area contributed by atoms with Crippen LogP contribution in [0.2, 0.25) is 0 Å². The molecule has 2 aliphatic rings. The van der Waals surface area contributed by atoms with Gasteiger partial charge >= 0.3 is 6.18 Å². The van der Waals surface area contributed by atoms with Crippen molar-refractivity contribution in [3.05, 3.63) is 59.3 Å². The Bertz CT molecular complexity index is 1050. The smallest absolute Gasteiger partial charge is 0.416 e. The van der Waals surface area contributed by atoms with Crippen LogP contribution in [0.4, 0.5) is 13.2 Å². The fourth-order valence-corrected chi connectivity index (χ4v) is 4.84. The lowest BCUT2D eigenvalue weighted by molar-refractivity contribution is -0.137. The number of benzene rings is 1. The molecule has 2 N–H and O–H groups in total. The van der Waals surface area contributed by atoms with Crippen LogP contribution in [-0.4, -0.2) is 60.5 Å². The first-order valence-electron chi connectivity index (χ1n) is 11.7. The summed E-state index contributed by atoms with van der Waals surface area (Å²) in [5.41, 5.74) is 0.221. The van der Waals surface area contributed by atoms with Crippen molar-refractivity contribution in [1.82, 2.24) is 20.5 Å². The number of nitrogens with one attached hydrogen (secondary N) is 2. The molecule has 1 aliphatic carbocycles. The van der Waals surface area contributed by atoms with E-state index in [1.807, 2.05) is 6.07 Å². The molecule has 2 aromatic rings. The van der Waals surface area contributed by atoms with Gasteiger partial charge in [0.1, 0.15) is 0 Å². The van der Waals surface area contributed by atoms with Crippen LogP contribution in [0.5, 0.6) is 5.88 Å². The fraction of sp³-hybridized carbons (Fsp3) is 0.480. The number of likely N-dealkylation sites (tertiary alicyclic amines) is 1. The molecule has 0 bridgehead atoms. The Kier molecular flexibility index (Phi) is 7.59. The summed E-state index contributed by atoms with van der Waals surface area (Å²) in [5.74, 6) is 0.0627. The highest BCUT2D eigenvalue weighted by Crippen LogP contribution is 2.36. The summed E-state index contributed by atoms with van der Waals surface area (Å²) in [6, 6.07) is 8.68. The van der Waals surface area contributed by atoms with Crippen LogP contribution in [0.1, 0.15) is 53.1 Å². The van der Waals surface area contributed by atoms with Crippen molar-refractivity contribution < 1.29 is 27.5 Å². The lowest BCUT2D eigenvalue weighted by atomic mass is 9.80. The molecule has 7 nitrogen and oxygen atoms in total. The van der Waals surface area contributed by atoms with Gasteiger partial charge in [-0.15, -0.1) is 0 Å². The summed E-state index contributed by atoms with van der Waals surface area (Å²) >= 11 is 0. The van der Waals surface area contributed by atoms with E-state index in [9.17, 15) is 22.8 Å². The predicted molar refractivity (Wildman–Crippen MR) is 123 cm³/mol. The van der Waals surface area contributed by atoms with Crippen LogP contribution in [0.3, 0.4) is 0 Å². The maximum absolute atomic E-state index is 12.8. The number of rotatable bonds is 7. The average molecular weight is 491 g/mol. The Hall–Kier alpha value is -3.14. The average Bonchev–Trinajstić information content (AvgIpc) is 2.84. The van der Waals surface area contributed by atoms with Gasteiger partial charge in [-0.05, 0) is 61.4 Å². The summed E-state index contributed by atoms with van der Waals surface area (Å²) in [6.07, 6.45) is 1.60. The lowest BCUT2D eigenvalue weighted by Gasteiger charge is -2.46. The van der Waals surface area contributed by atoms with Gasteiger partial charge in [-0.2, -0.15) is 13.2 Å². The van der Waals surface area contributed by atoms with Crippen LogP contribution in [0.25, 0.3) is 0 Å². The summed E-state index contributed by atoms with van der Waals surface area (Å²) in [6.45, 7) is 1.23. The lowest BCUT2D eigenvalue weighted by Crippen LogP contribution is -2.63. The number of methoxy groups -OCH3 is 1. The van der Waals surface area contributed by atoms with Crippen molar-refractivity contribution in [2.24, 2.45) is 0 Å². The molecule has 1 aliphatic heterocycles. The molecule has 2 heterocycles. The highest BCUT2D eigenvalue weighted by atomic mass is 19.4. The molecule has 10 heteroatoms. The van der Waals surface area contributed by atoms with E-state index >= 15 is 0 Å². The second-order valence-corrected chi connectivity index (χ2v) is 9.12. The second-order valence-electron chi connectivity index (χ2n) is 9.12. The number of alkyl halides is 3. The van der Waals surface area contributed by atoms with Gasteiger partial charge < -0.3 is 15.4 Å². The number of amides is 2. The Morgan fingerprint density at radius 3 is 2.54 bits per heavy atom. The number of carbonyl (C=O) groups excluding carboxylic acids is 2. The van der Waals surface area contributed by atoms with Crippen LogP contribution in [0.15, 0.2) is 42.6 Å². The zero-order chi connectivity index (χ0) is 25.0. The first kappa shape index (κ1) is 25.0. The van der Waals surface area contributed by atoms with Crippen LogP contribution in [-0.2, 0) is 11.0 Å². The molecule has 1 aromatic heterocycles. The molecule has 1 saturated carbocycles. The molecular weight excluding hydrogens is 461 g/mol. The number of hydrogen-bond acceptors (Lipinski definition) is 5. The molecule has 35 heavy (non-hydrogen) atoms. The van der Waals surface area contributed by atoms with E-state index in [0.29, 0.717) is 17.8 Å². The van der Waals surface area contributed by atoms with Gasteiger partial charge in [-0.1, -0.05) is 6.07 Å². The van der Waals surface area contributed by atoms with Gasteiger partial charge in [0.25, 0.3) is 5.91 Å². The maximum Gasteiger partial charge on any atom is 0.416 e. The summed E-state index contributed by atoms with van der Waals surface area (Å²) in [5, 5.41) is 5.27. The molecular formula is C25H29F3N4O3. The SMILES string of the molecule is COc1cc([C@H]2CC[C@@H](N3CC(NC(=O)CNC(=O)c4cccc(C(F)(F)F)c4)C3)CC2)ccn1. The van der Waals surface area contributed by atoms with Crippen molar-refractivity contribution in [2.45, 2.75) is 49.9 Å². The van der Waals surface area contributed by atoms with E-state index in [1.54, 1.807) is 13.3 Å². The van der Waals surface area contributed by atoms with E-state index in [0.717, 1.165) is 50.9 Å².